The second-order valence-electron chi connectivity index (χ2n) is 6.22. The smallest absolute Gasteiger partial charge is 0.255 e. The van der Waals surface area contributed by atoms with Gasteiger partial charge < -0.3 is 10.1 Å². The molecule has 7 nitrogen and oxygen atoms in total. The topological polar surface area (TPSA) is 81.4 Å². The maximum Gasteiger partial charge on any atom is 0.255 e. The molecule has 2 heterocycles. The quantitative estimate of drug-likeness (QED) is 0.531. The van der Waals surface area contributed by atoms with E-state index in [4.69, 9.17) is 4.74 Å². The summed E-state index contributed by atoms with van der Waals surface area (Å²) < 4.78 is 7.27. The van der Waals surface area contributed by atoms with Crippen LogP contribution in [0.5, 0.6) is 5.75 Å². The molecule has 142 valence electrons. The highest BCUT2D eigenvalue weighted by molar-refractivity contribution is 7.19. The third-order valence-electron chi connectivity index (χ3n) is 4.14. The number of carbonyl (C=O) groups excluding carboxylic acids is 1. The first kappa shape index (κ1) is 18.1. The second kappa shape index (κ2) is 7.77. The first-order valence-electron chi connectivity index (χ1n) is 8.98. The number of anilines is 1. The minimum Gasteiger partial charge on any atom is -0.494 e. The molecule has 0 aliphatic rings. The number of hydrogen-bond donors (Lipinski definition) is 1. The number of carbonyl (C=O) groups is 1. The molecule has 2 aromatic heterocycles. The van der Waals surface area contributed by atoms with Gasteiger partial charge >= 0.3 is 0 Å². The van der Waals surface area contributed by atoms with Crippen molar-refractivity contribution in [1.82, 2.24) is 19.8 Å². The monoisotopic (exact) mass is 393 g/mol. The van der Waals surface area contributed by atoms with Crippen molar-refractivity contribution in [3.63, 3.8) is 0 Å². The van der Waals surface area contributed by atoms with Crippen molar-refractivity contribution >= 4 is 27.9 Å². The zero-order valence-electron chi connectivity index (χ0n) is 15.5. The summed E-state index contributed by atoms with van der Waals surface area (Å²) in [6, 6.07) is 14.7. The van der Waals surface area contributed by atoms with Crippen LogP contribution in [0.15, 0.2) is 48.5 Å². The number of aryl methyl sites for hydroxylation is 1. The Bertz CT molecular complexity index is 1120. The lowest BCUT2D eigenvalue weighted by atomic mass is 10.1. The van der Waals surface area contributed by atoms with Gasteiger partial charge in [-0.15, -0.1) is 10.2 Å². The van der Waals surface area contributed by atoms with E-state index in [-0.39, 0.29) is 5.91 Å². The molecule has 0 radical (unpaired) electrons. The van der Waals surface area contributed by atoms with E-state index < -0.39 is 0 Å². The SMILES string of the molecule is CCCOc1ccc(C(=O)Nc2ccccc2-c2nn3c(C)nnc3s2)cc1. The molecular formula is C20H19N5O2S. The van der Waals surface area contributed by atoms with Gasteiger partial charge in [-0.1, -0.05) is 30.4 Å². The highest BCUT2D eigenvalue weighted by Crippen LogP contribution is 2.31. The third kappa shape index (κ3) is 3.59. The lowest BCUT2D eigenvalue weighted by Gasteiger charge is -2.10. The molecule has 28 heavy (non-hydrogen) atoms. The molecule has 8 heteroatoms. The van der Waals surface area contributed by atoms with E-state index in [0.29, 0.717) is 17.9 Å². The Balaban J connectivity index is 1.57. The Morgan fingerprint density at radius 1 is 1.14 bits per heavy atom. The van der Waals surface area contributed by atoms with Crippen molar-refractivity contribution in [2.45, 2.75) is 20.3 Å². The predicted molar refractivity (Wildman–Crippen MR) is 109 cm³/mol. The van der Waals surface area contributed by atoms with E-state index in [1.807, 2.05) is 43.3 Å². The van der Waals surface area contributed by atoms with Crippen LogP contribution < -0.4 is 10.1 Å². The zero-order valence-corrected chi connectivity index (χ0v) is 16.4. The number of rotatable bonds is 6. The molecule has 0 aliphatic heterocycles. The van der Waals surface area contributed by atoms with E-state index in [0.717, 1.165) is 33.5 Å². The summed E-state index contributed by atoms with van der Waals surface area (Å²) >= 11 is 1.43. The Hall–Kier alpha value is -3.26. The van der Waals surface area contributed by atoms with Crippen LogP contribution in [-0.4, -0.2) is 32.3 Å². The second-order valence-corrected chi connectivity index (χ2v) is 7.18. The van der Waals surface area contributed by atoms with Crippen LogP contribution in [-0.2, 0) is 0 Å². The average molecular weight is 393 g/mol. The molecule has 0 saturated heterocycles. The van der Waals surface area contributed by atoms with Gasteiger partial charge in [0.2, 0.25) is 4.96 Å². The molecule has 0 bridgehead atoms. The van der Waals surface area contributed by atoms with Crippen LogP contribution in [0.2, 0.25) is 0 Å². The molecule has 0 spiro atoms. The van der Waals surface area contributed by atoms with Crippen LogP contribution in [0.1, 0.15) is 29.5 Å². The fraction of sp³-hybridized carbons (Fsp3) is 0.200. The van der Waals surface area contributed by atoms with E-state index in [1.54, 1.807) is 16.6 Å². The Kier molecular flexibility index (Phi) is 5.03. The number of ether oxygens (including phenoxy) is 1. The Morgan fingerprint density at radius 3 is 2.68 bits per heavy atom. The van der Waals surface area contributed by atoms with Gasteiger partial charge in [-0.3, -0.25) is 4.79 Å². The number of para-hydroxylation sites is 1. The van der Waals surface area contributed by atoms with Crippen LogP contribution in [0, 0.1) is 6.92 Å². The normalized spacial score (nSPS) is 10.9. The summed E-state index contributed by atoms with van der Waals surface area (Å²) in [5.74, 6) is 1.30. The van der Waals surface area contributed by atoms with Crippen molar-refractivity contribution in [3.05, 3.63) is 59.9 Å². The fourth-order valence-corrected chi connectivity index (χ4v) is 3.64. The summed E-state index contributed by atoms with van der Waals surface area (Å²) in [6.07, 6.45) is 0.941. The van der Waals surface area contributed by atoms with Gasteiger partial charge in [0, 0.05) is 11.1 Å². The fourth-order valence-electron chi connectivity index (χ4n) is 2.72. The lowest BCUT2D eigenvalue weighted by molar-refractivity contribution is 0.102. The van der Waals surface area contributed by atoms with Gasteiger partial charge in [-0.25, -0.2) is 0 Å². The number of benzene rings is 2. The molecule has 0 unspecified atom stereocenters. The van der Waals surface area contributed by atoms with Crippen molar-refractivity contribution in [2.24, 2.45) is 0 Å². The van der Waals surface area contributed by atoms with Gasteiger partial charge in [0.1, 0.15) is 10.8 Å². The highest BCUT2D eigenvalue weighted by atomic mass is 32.1. The molecule has 0 saturated carbocycles. The van der Waals surface area contributed by atoms with Crippen LogP contribution in [0.3, 0.4) is 0 Å². The standard InChI is InChI=1S/C20H19N5O2S/c1-3-12-27-15-10-8-14(9-11-15)18(26)21-17-7-5-4-6-16(17)19-24-25-13(2)22-23-20(25)28-19/h4-11H,3,12H2,1-2H3,(H,21,26). The Morgan fingerprint density at radius 2 is 1.93 bits per heavy atom. The van der Waals surface area contributed by atoms with E-state index in [1.165, 1.54) is 11.3 Å². The largest absolute Gasteiger partial charge is 0.494 e. The van der Waals surface area contributed by atoms with Crippen molar-refractivity contribution in [3.8, 4) is 16.3 Å². The Labute approximate surface area is 166 Å². The summed E-state index contributed by atoms with van der Waals surface area (Å²) in [5, 5.41) is 16.4. The van der Waals surface area contributed by atoms with Gasteiger partial charge in [0.25, 0.3) is 5.91 Å². The van der Waals surface area contributed by atoms with E-state index in [2.05, 4.69) is 27.5 Å². The molecule has 1 amide bonds. The van der Waals surface area contributed by atoms with Gasteiger partial charge in [-0.05, 0) is 49.7 Å². The molecule has 4 aromatic rings. The van der Waals surface area contributed by atoms with Crippen molar-refractivity contribution in [2.75, 3.05) is 11.9 Å². The maximum atomic E-state index is 12.7. The molecular weight excluding hydrogens is 374 g/mol. The van der Waals surface area contributed by atoms with Gasteiger partial charge in [-0.2, -0.15) is 9.61 Å². The van der Waals surface area contributed by atoms with Gasteiger partial charge in [0.15, 0.2) is 5.82 Å². The zero-order chi connectivity index (χ0) is 19.5. The summed E-state index contributed by atoms with van der Waals surface area (Å²) in [5.41, 5.74) is 2.10. The molecule has 1 N–H and O–H groups in total. The first-order chi connectivity index (χ1) is 13.7. The molecule has 2 aromatic carbocycles. The summed E-state index contributed by atoms with van der Waals surface area (Å²) in [6.45, 7) is 4.56. The van der Waals surface area contributed by atoms with Crippen molar-refractivity contribution in [1.29, 1.82) is 0 Å². The third-order valence-corrected chi connectivity index (χ3v) is 5.07. The van der Waals surface area contributed by atoms with Crippen molar-refractivity contribution < 1.29 is 9.53 Å². The van der Waals surface area contributed by atoms with Gasteiger partial charge in [0.05, 0.1) is 12.3 Å². The first-order valence-corrected chi connectivity index (χ1v) is 9.80. The lowest BCUT2D eigenvalue weighted by Crippen LogP contribution is -2.12. The highest BCUT2D eigenvalue weighted by Gasteiger charge is 2.15. The van der Waals surface area contributed by atoms with E-state index in [9.17, 15) is 4.79 Å². The number of hydrogen-bond acceptors (Lipinski definition) is 6. The van der Waals surface area contributed by atoms with E-state index >= 15 is 0 Å². The van der Waals surface area contributed by atoms with Crippen LogP contribution in [0.4, 0.5) is 5.69 Å². The number of fused-ring (bicyclic) bond motifs is 1. The number of nitrogens with one attached hydrogen (secondary N) is 1. The average Bonchev–Trinajstić information content (AvgIpc) is 3.29. The predicted octanol–water partition coefficient (Wildman–Crippen LogP) is 4.20. The minimum atomic E-state index is -0.186. The summed E-state index contributed by atoms with van der Waals surface area (Å²) in [7, 11) is 0. The number of nitrogens with zero attached hydrogens (tertiary/aromatic N) is 4. The van der Waals surface area contributed by atoms with Crippen LogP contribution in [0.25, 0.3) is 15.5 Å². The maximum absolute atomic E-state index is 12.7. The molecule has 0 aliphatic carbocycles. The number of aromatic nitrogens is 4. The molecule has 4 rings (SSSR count). The number of amides is 1. The summed E-state index contributed by atoms with van der Waals surface area (Å²) in [4.78, 5) is 13.4. The molecule has 0 atom stereocenters. The van der Waals surface area contributed by atoms with Crippen LogP contribution >= 0.6 is 11.3 Å². The minimum absolute atomic E-state index is 0.186. The molecule has 0 fully saturated rings.